The Morgan fingerprint density at radius 3 is 2.68 bits per heavy atom. The van der Waals surface area contributed by atoms with Crippen LogP contribution in [0.4, 0.5) is 0 Å². The van der Waals surface area contributed by atoms with Crippen LogP contribution < -0.4 is 4.72 Å². The molecule has 0 aliphatic carbocycles. The molecule has 0 aliphatic rings. The maximum absolute atomic E-state index is 12.3. The van der Waals surface area contributed by atoms with Gasteiger partial charge in [-0.3, -0.25) is 0 Å². The van der Waals surface area contributed by atoms with E-state index < -0.39 is 11.0 Å². The highest BCUT2D eigenvalue weighted by atomic mass is 32.2. The number of hydrogen-bond donors (Lipinski definition) is 1. The van der Waals surface area contributed by atoms with Crippen molar-refractivity contribution < 1.29 is 8.63 Å². The fourth-order valence-electron chi connectivity index (χ4n) is 1.74. The lowest BCUT2D eigenvalue weighted by Gasteiger charge is -2.14. The smallest absolute Gasteiger partial charge is 0.125 e. The summed E-state index contributed by atoms with van der Waals surface area (Å²) in [6.07, 6.45) is 4.06. The molecule has 1 heterocycles. The quantitative estimate of drug-likeness (QED) is 0.820. The second-order valence-corrected chi connectivity index (χ2v) is 5.54. The summed E-state index contributed by atoms with van der Waals surface area (Å²) in [5.41, 5.74) is 1.15. The lowest BCUT2D eigenvalue weighted by atomic mass is 10.2. The third-order valence-electron chi connectivity index (χ3n) is 2.77. The van der Waals surface area contributed by atoms with Gasteiger partial charge >= 0.3 is 0 Å². The molecule has 3 nitrogen and oxygen atoms in total. The van der Waals surface area contributed by atoms with Crippen LogP contribution in [0, 0.1) is 6.92 Å². The average molecular weight is 275 g/mol. The van der Waals surface area contributed by atoms with Crippen LogP contribution >= 0.6 is 0 Å². The topological polar surface area (TPSA) is 42.2 Å². The zero-order valence-electron chi connectivity index (χ0n) is 10.8. The minimum absolute atomic E-state index is 0.130. The molecule has 0 radical (unpaired) electrons. The average Bonchev–Trinajstić information content (AvgIpc) is 2.92. The molecule has 2 atom stereocenters. The Balaban J connectivity index is 2.11. The van der Waals surface area contributed by atoms with Gasteiger partial charge in [0.25, 0.3) is 0 Å². The molecule has 0 bridgehead atoms. The van der Waals surface area contributed by atoms with E-state index >= 15 is 0 Å². The Bertz CT molecular complexity index is 546. The summed E-state index contributed by atoms with van der Waals surface area (Å²) in [5, 5.41) is 0. The number of hydrogen-bond acceptors (Lipinski definition) is 2. The number of furan rings is 1. The molecular weight excluding hydrogens is 258 g/mol. The van der Waals surface area contributed by atoms with E-state index in [4.69, 9.17) is 4.42 Å². The van der Waals surface area contributed by atoms with Gasteiger partial charge in [0.2, 0.25) is 0 Å². The van der Waals surface area contributed by atoms with E-state index in [1.54, 1.807) is 12.3 Å². The van der Waals surface area contributed by atoms with Crippen LogP contribution in [0.1, 0.15) is 23.8 Å². The molecule has 19 heavy (non-hydrogen) atoms. The number of benzene rings is 1. The summed E-state index contributed by atoms with van der Waals surface area (Å²) in [5.74, 6) is 0.764. The zero-order valence-corrected chi connectivity index (χ0v) is 11.7. The van der Waals surface area contributed by atoms with E-state index in [0.29, 0.717) is 6.42 Å². The standard InChI is InChI=1S/C15H17NO2S/c1-3-5-14(15-6-4-11-18-15)16-19(17)13-9-7-12(2)8-10-13/h3-4,6-11,14,16H,1,5H2,2H3/t14-,19?/m1/s1. The van der Waals surface area contributed by atoms with Gasteiger partial charge in [-0.1, -0.05) is 23.8 Å². The number of aryl methyl sites for hydroxylation is 1. The highest BCUT2D eigenvalue weighted by Gasteiger charge is 2.16. The molecule has 0 amide bonds. The summed E-state index contributed by atoms with van der Waals surface area (Å²) in [6, 6.07) is 11.2. The normalized spacial score (nSPS) is 13.9. The summed E-state index contributed by atoms with van der Waals surface area (Å²) in [4.78, 5) is 0.756. The van der Waals surface area contributed by atoms with Crippen LogP contribution in [-0.4, -0.2) is 4.21 Å². The predicted octanol–water partition coefficient (Wildman–Crippen LogP) is 3.52. The first kappa shape index (κ1) is 13.8. The summed E-state index contributed by atoms with van der Waals surface area (Å²) < 4.78 is 20.7. The van der Waals surface area contributed by atoms with Gasteiger partial charge in [0.05, 0.1) is 17.2 Å². The van der Waals surface area contributed by atoms with Crippen LogP contribution in [0.15, 0.2) is 64.6 Å². The highest BCUT2D eigenvalue weighted by Crippen LogP contribution is 2.19. The van der Waals surface area contributed by atoms with Gasteiger partial charge in [-0.15, -0.1) is 6.58 Å². The Kier molecular flexibility index (Phi) is 4.71. The highest BCUT2D eigenvalue weighted by molar-refractivity contribution is 7.83. The summed E-state index contributed by atoms with van der Waals surface area (Å²) in [6.45, 7) is 5.72. The van der Waals surface area contributed by atoms with E-state index in [0.717, 1.165) is 16.2 Å². The summed E-state index contributed by atoms with van der Waals surface area (Å²) >= 11 is 0. The first-order valence-electron chi connectivity index (χ1n) is 6.09. The molecule has 1 N–H and O–H groups in total. The minimum Gasteiger partial charge on any atom is -0.468 e. The van der Waals surface area contributed by atoms with Crippen LogP contribution in [0.5, 0.6) is 0 Å². The molecule has 1 unspecified atom stereocenters. The van der Waals surface area contributed by atoms with Crippen molar-refractivity contribution in [1.29, 1.82) is 0 Å². The second kappa shape index (κ2) is 6.50. The lowest BCUT2D eigenvalue weighted by Crippen LogP contribution is -2.23. The minimum atomic E-state index is -1.27. The maximum Gasteiger partial charge on any atom is 0.125 e. The van der Waals surface area contributed by atoms with Gasteiger partial charge < -0.3 is 4.42 Å². The Hall–Kier alpha value is -1.65. The molecule has 0 fully saturated rings. The van der Waals surface area contributed by atoms with Gasteiger partial charge in [0.1, 0.15) is 16.7 Å². The third-order valence-corrected chi connectivity index (χ3v) is 3.97. The van der Waals surface area contributed by atoms with Crippen LogP contribution in [-0.2, 0) is 11.0 Å². The first-order chi connectivity index (χ1) is 9.20. The van der Waals surface area contributed by atoms with Crippen molar-refractivity contribution in [1.82, 2.24) is 4.72 Å². The monoisotopic (exact) mass is 275 g/mol. The third kappa shape index (κ3) is 3.66. The van der Waals surface area contributed by atoms with Gasteiger partial charge in [-0.2, -0.15) is 0 Å². The van der Waals surface area contributed by atoms with Crippen molar-refractivity contribution in [3.8, 4) is 0 Å². The van der Waals surface area contributed by atoms with Crippen molar-refractivity contribution in [2.45, 2.75) is 24.3 Å². The van der Waals surface area contributed by atoms with E-state index in [2.05, 4.69) is 11.3 Å². The van der Waals surface area contributed by atoms with Crippen LogP contribution in [0.2, 0.25) is 0 Å². The molecule has 1 aromatic heterocycles. The van der Waals surface area contributed by atoms with Gasteiger partial charge in [0, 0.05) is 0 Å². The SMILES string of the molecule is C=CC[C@@H](NS(=O)c1ccc(C)cc1)c1ccco1. The van der Waals surface area contributed by atoms with Crippen molar-refractivity contribution >= 4 is 11.0 Å². The van der Waals surface area contributed by atoms with Crippen LogP contribution in [0.3, 0.4) is 0 Å². The van der Waals surface area contributed by atoms with Crippen molar-refractivity contribution in [2.24, 2.45) is 0 Å². The molecule has 2 rings (SSSR count). The molecular formula is C15H17NO2S. The molecule has 0 spiro atoms. The molecule has 100 valence electrons. The molecule has 0 saturated heterocycles. The lowest BCUT2D eigenvalue weighted by molar-refractivity contribution is 0.452. The predicted molar refractivity (Wildman–Crippen MR) is 77.0 cm³/mol. The second-order valence-electron chi connectivity index (χ2n) is 4.29. The van der Waals surface area contributed by atoms with E-state index in [1.807, 2.05) is 43.3 Å². The van der Waals surface area contributed by atoms with Crippen molar-refractivity contribution in [2.75, 3.05) is 0 Å². The van der Waals surface area contributed by atoms with E-state index in [-0.39, 0.29) is 6.04 Å². The van der Waals surface area contributed by atoms with Crippen molar-refractivity contribution in [3.63, 3.8) is 0 Å². The van der Waals surface area contributed by atoms with Crippen LogP contribution in [0.25, 0.3) is 0 Å². The summed E-state index contributed by atoms with van der Waals surface area (Å²) in [7, 11) is -1.27. The fraction of sp³-hybridized carbons (Fsp3) is 0.200. The number of rotatable bonds is 6. The molecule has 1 aromatic carbocycles. The molecule has 0 aliphatic heterocycles. The zero-order chi connectivity index (χ0) is 13.7. The fourth-order valence-corrected chi connectivity index (χ4v) is 2.73. The largest absolute Gasteiger partial charge is 0.468 e. The molecule has 2 aromatic rings. The van der Waals surface area contributed by atoms with Crippen molar-refractivity contribution in [3.05, 3.63) is 66.6 Å². The van der Waals surface area contributed by atoms with E-state index in [1.165, 1.54) is 0 Å². The Morgan fingerprint density at radius 2 is 2.11 bits per heavy atom. The Labute approximate surface area is 115 Å². The molecule has 0 saturated carbocycles. The van der Waals surface area contributed by atoms with Gasteiger partial charge in [0.15, 0.2) is 0 Å². The van der Waals surface area contributed by atoms with Gasteiger partial charge in [-0.05, 0) is 37.6 Å². The Morgan fingerprint density at radius 1 is 1.37 bits per heavy atom. The van der Waals surface area contributed by atoms with Gasteiger partial charge in [-0.25, -0.2) is 8.93 Å². The number of nitrogens with one attached hydrogen (secondary N) is 1. The molecule has 4 heteroatoms. The maximum atomic E-state index is 12.3. The first-order valence-corrected chi connectivity index (χ1v) is 7.24. The van der Waals surface area contributed by atoms with E-state index in [9.17, 15) is 4.21 Å².